The van der Waals surface area contributed by atoms with Gasteiger partial charge in [-0.2, -0.15) is 0 Å². The van der Waals surface area contributed by atoms with Crippen LogP contribution in [0.2, 0.25) is 0 Å². The quantitative estimate of drug-likeness (QED) is 0.639. The first-order chi connectivity index (χ1) is 11.1. The number of nitrogens with zero attached hydrogens (tertiary/aromatic N) is 2. The number of morpholine rings is 1. The molecule has 0 aromatic rings. The maximum Gasteiger partial charge on any atom is 0.222 e. The van der Waals surface area contributed by atoms with Gasteiger partial charge in [0.2, 0.25) is 5.91 Å². The minimum Gasteiger partial charge on any atom is -0.373 e. The zero-order chi connectivity index (χ0) is 16.7. The van der Waals surface area contributed by atoms with Crippen molar-refractivity contribution in [3.63, 3.8) is 0 Å². The summed E-state index contributed by atoms with van der Waals surface area (Å²) in [4.78, 5) is 17.1. The first kappa shape index (κ1) is 24.9. The maximum absolute atomic E-state index is 12.5. The van der Waals surface area contributed by atoms with Gasteiger partial charge in [0.15, 0.2) is 0 Å². The minimum absolute atomic E-state index is 0. The first-order valence-corrected chi connectivity index (χ1v) is 9.47. The van der Waals surface area contributed by atoms with Crippen molar-refractivity contribution in [2.75, 3.05) is 32.7 Å². The largest absolute Gasteiger partial charge is 0.373 e. The van der Waals surface area contributed by atoms with E-state index < -0.39 is 0 Å². The lowest BCUT2D eigenvalue weighted by Gasteiger charge is -2.38. The van der Waals surface area contributed by atoms with Crippen LogP contribution in [0.1, 0.15) is 58.8 Å². The van der Waals surface area contributed by atoms with E-state index >= 15 is 0 Å². The van der Waals surface area contributed by atoms with Crippen molar-refractivity contribution in [1.29, 1.82) is 0 Å². The third kappa shape index (κ3) is 8.44. The van der Waals surface area contributed by atoms with Crippen molar-refractivity contribution in [2.45, 2.75) is 77.0 Å². The molecule has 7 heteroatoms. The fourth-order valence-corrected chi connectivity index (χ4v) is 4.00. The van der Waals surface area contributed by atoms with E-state index in [1.54, 1.807) is 0 Å². The fraction of sp³-hybridized carbons (Fsp3) is 0.944. The number of amides is 1. The number of nitrogens with two attached hydrogens (primary N) is 1. The lowest BCUT2D eigenvalue weighted by atomic mass is 10.1. The Balaban J connectivity index is 0.00000288. The summed E-state index contributed by atoms with van der Waals surface area (Å²) in [7, 11) is 0. The lowest BCUT2D eigenvalue weighted by molar-refractivity contribution is -0.133. The van der Waals surface area contributed by atoms with Crippen molar-refractivity contribution < 1.29 is 9.53 Å². The number of carbonyl (C=O) groups is 1. The average molecular weight is 398 g/mol. The molecule has 0 aliphatic carbocycles. The summed E-state index contributed by atoms with van der Waals surface area (Å²) >= 11 is 0. The van der Waals surface area contributed by atoms with Gasteiger partial charge in [-0.25, -0.2) is 0 Å². The highest BCUT2D eigenvalue weighted by Crippen LogP contribution is 2.22. The second-order valence-electron chi connectivity index (χ2n) is 7.31. The van der Waals surface area contributed by atoms with Gasteiger partial charge in [0.1, 0.15) is 0 Å². The summed E-state index contributed by atoms with van der Waals surface area (Å²) in [6.45, 7) is 8.98. The number of unbranched alkanes of at least 4 members (excludes halogenated alkanes) is 3. The Labute approximate surface area is 165 Å². The molecule has 2 aliphatic heterocycles. The van der Waals surface area contributed by atoms with Crippen molar-refractivity contribution in [1.82, 2.24) is 9.80 Å². The van der Waals surface area contributed by atoms with Crippen molar-refractivity contribution >= 4 is 30.7 Å². The monoisotopic (exact) mass is 397 g/mol. The Morgan fingerprint density at radius 2 is 1.72 bits per heavy atom. The van der Waals surface area contributed by atoms with E-state index in [0.29, 0.717) is 30.6 Å². The molecule has 150 valence electrons. The summed E-state index contributed by atoms with van der Waals surface area (Å²) in [5.41, 5.74) is 5.51. The third-order valence-corrected chi connectivity index (χ3v) is 5.01. The molecule has 0 aromatic carbocycles. The number of hydrogen-bond acceptors (Lipinski definition) is 4. The van der Waals surface area contributed by atoms with Crippen molar-refractivity contribution in [3.8, 4) is 0 Å². The van der Waals surface area contributed by atoms with Crippen LogP contribution in [-0.4, -0.2) is 66.7 Å². The van der Waals surface area contributed by atoms with Gasteiger partial charge in [-0.15, -0.1) is 24.8 Å². The number of carbonyl (C=O) groups excluding carboxylic acids is 1. The molecule has 0 saturated carbocycles. The molecule has 25 heavy (non-hydrogen) atoms. The molecule has 2 fully saturated rings. The molecule has 3 atom stereocenters. The van der Waals surface area contributed by atoms with Crippen LogP contribution in [0.25, 0.3) is 0 Å². The molecular formula is C18H37Cl2N3O2. The van der Waals surface area contributed by atoms with E-state index in [1.807, 2.05) is 0 Å². The van der Waals surface area contributed by atoms with E-state index in [2.05, 4.69) is 23.6 Å². The van der Waals surface area contributed by atoms with Crippen LogP contribution in [0.15, 0.2) is 0 Å². The zero-order valence-corrected chi connectivity index (χ0v) is 17.5. The predicted octanol–water partition coefficient (Wildman–Crippen LogP) is 2.84. The zero-order valence-electron chi connectivity index (χ0n) is 15.8. The third-order valence-electron chi connectivity index (χ3n) is 5.01. The Morgan fingerprint density at radius 1 is 1.08 bits per heavy atom. The number of hydrogen-bond donors (Lipinski definition) is 1. The lowest BCUT2D eigenvalue weighted by Crippen LogP contribution is -2.50. The first-order valence-electron chi connectivity index (χ1n) is 9.47. The molecule has 2 heterocycles. The molecule has 2 aliphatic rings. The fourth-order valence-electron chi connectivity index (χ4n) is 4.00. The van der Waals surface area contributed by atoms with Gasteiger partial charge in [-0.3, -0.25) is 9.69 Å². The predicted molar refractivity (Wildman–Crippen MR) is 108 cm³/mol. The van der Waals surface area contributed by atoms with Gasteiger partial charge in [0, 0.05) is 38.6 Å². The second-order valence-corrected chi connectivity index (χ2v) is 7.31. The molecule has 2 rings (SSSR count). The summed E-state index contributed by atoms with van der Waals surface area (Å²) in [5, 5.41) is 0. The Kier molecular flexibility index (Phi) is 13.1. The Morgan fingerprint density at radius 3 is 2.36 bits per heavy atom. The number of ether oxygens (including phenoxy) is 1. The smallest absolute Gasteiger partial charge is 0.222 e. The Bertz CT molecular complexity index is 364. The number of rotatable bonds is 8. The second kappa shape index (κ2) is 13.2. The van der Waals surface area contributed by atoms with Crippen LogP contribution in [-0.2, 0) is 9.53 Å². The van der Waals surface area contributed by atoms with E-state index in [-0.39, 0.29) is 24.8 Å². The van der Waals surface area contributed by atoms with Crippen LogP contribution in [0.3, 0.4) is 0 Å². The van der Waals surface area contributed by atoms with Gasteiger partial charge in [-0.05, 0) is 46.1 Å². The molecule has 0 aromatic heterocycles. The van der Waals surface area contributed by atoms with E-state index in [1.165, 1.54) is 0 Å². The Hall–Kier alpha value is -0.0700. The normalized spacial score (nSPS) is 26.8. The van der Waals surface area contributed by atoms with Crippen LogP contribution in [0.4, 0.5) is 0 Å². The summed E-state index contributed by atoms with van der Waals surface area (Å²) < 4.78 is 5.81. The number of likely N-dealkylation sites (tertiary alicyclic amines) is 1. The average Bonchev–Trinajstić information content (AvgIpc) is 2.94. The topological polar surface area (TPSA) is 58.8 Å². The molecule has 0 radical (unpaired) electrons. The van der Waals surface area contributed by atoms with Crippen molar-refractivity contribution in [2.24, 2.45) is 5.73 Å². The van der Waals surface area contributed by atoms with Crippen LogP contribution < -0.4 is 5.73 Å². The highest BCUT2D eigenvalue weighted by atomic mass is 35.5. The summed E-state index contributed by atoms with van der Waals surface area (Å²) in [6.07, 6.45) is 7.96. The minimum atomic E-state index is 0. The molecular weight excluding hydrogens is 361 g/mol. The number of halogens is 2. The standard InChI is InChI=1S/C18H35N3O2.2ClH/c1-15-12-20(13-16(2)23-15)14-17-8-7-11-21(17)18(22)9-5-3-4-6-10-19;;/h15-17H,3-14,19H2,1-2H3;2*1H. The molecule has 1 amide bonds. The highest BCUT2D eigenvalue weighted by molar-refractivity contribution is 5.85. The van der Waals surface area contributed by atoms with Crippen LogP contribution >= 0.6 is 24.8 Å². The van der Waals surface area contributed by atoms with Gasteiger partial charge < -0.3 is 15.4 Å². The summed E-state index contributed by atoms with van der Waals surface area (Å²) in [6, 6.07) is 0.407. The van der Waals surface area contributed by atoms with E-state index in [0.717, 1.165) is 71.2 Å². The molecule has 2 saturated heterocycles. The van der Waals surface area contributed by atoms with Crippen LogP contribution in [0, 0.1) is 0 Å². The molecule has 0 bridgehead atoms. The molecule has 0 spiro atoms. The highest BCUT2D eigenvalue weighted by Gasteiger charge is 2.31. The van der Waals surface area contributed by atoms with Gasteiger partial charge in [0.25, 0.3) is 0 Å². The maximum atomic E-state index is 12.5. The molecule has 5 nitrogen and oxygen atoms in total. The van der Waals surface area contributed by atoms with E-state index in [4.69, 9.17) is 10.5 Å². The van der Waals surface area contributed by atoms with E-state index in [9.17, 15) is 4.79 Å². The molecule has 3 unspecified atom stereocenters. The van der Waals surface area contributed by atoms with Crippen LogP contribution in [0.5, 0.6) is 0 Å². The SMILES string of the molecule is CC1CN(CC2CCCN2C(=O)CCCCCCN)CC(C)O1.Cl.Cl. The van der Waals surface area contributed by atoms with Crippen molar-refractivity contribution in [3.05, 3.63) is 0 Å². The van der Waals surface area contributed by atoms with Gasteiger partial charge >= 0.3 is 0 Å². The van der Waals surface area contributed by atoms with Gasteiger partial charge in [-0.1, -0.05) is 12.8 Å². The van der Waals surface area contributed by atoms with Gasteiger partial charge in [0.05, 0.1) is 12.2 Å². The molecule has 2 N–H and O–H groups in total. The summed E-state index contributed by atoms with van der Waals surface area (Å²) in [5.74, 6) is 0.356.